The van der Waals surface area contributed by atoms with Crippen LogP contribution in [0.5, 0.6) is 5.75 Å². The van der Waals surface area contributed by atoms with Crippen LogP contribution < -0.4 is 4.74 Å². The molecule has 4 heteroatoms. The van der Waals surface area contributed by atoms with Gasteiger partial charge >= 0.3 is 5.97 Å². The number of hydrogen-bond acceptors (Lipinski definition) is 3. The largest absolute Gasteiger partial charge is 0.493 e. The number of esters is 1. The van der Waals surface area contributed by atoms with Gasteiger partial charge in [0.25, 0.3) is 0 Å². The summed E-state index contributed by atoms with van der Waals surface area (Å²) in [5.74, 6) is 0.876. The molecular formula is C23H17ClO3. The summed E-state index contributed by atoms with van der Waals surface area (Å²) in [6.07, 6.45) is 3.58. The fourth-order valence-electron chi connectivity index (χ4n) is 3.11. The number of cyclic esters (lactones) is 1. The van der Waals surface area contributed by atoms with Gasteiger partial charge < -0.3 is 9.47 Å². The summed E-state index contributed by atoms with van der Waals surface area (Å²) < 4.78 is 11.2. The van der Waals surface area contributed by atoms with E-state index in [9.17, 15) is 4.79 Å². The van der Waals surface area contributed by atoms with E-state index in [1.807, 2.05) is 61.5 Å². The van der Waals surface area contributed by atoms with E-state index >= 15 is 0 Å². The molecule has 3 nitrogen and oxygen atoms in total. The molecule has 0 spiro atoms. The maximum Gasteiger partial charge on any atom is 0.343 e. The lowest BCUT2D eigenvalue weighted by molar-refractivity contribution is -0.130. The van der Waals surface area contributed by atoms with Crippen molar-refractivity contribution in [2.75, 3.05) is 6.61 Å². The summed E-state index contributed by atoms with van der Waals surface area (Å²) in [4.78, 5) is 12.4. The Morgan fingerprint density at radius 2 is 1.81 bits per heavy atom. The van der Waals surface area contributed by atoms with Crippen LogP contribution in [0, 0.1) is 0 Å². The van der Waals surface area contributed by atoms with Crippen LogP contribution in [0.4, 0.5) is 0 Å². The molecule has 0 aromatic heterocycles. The molecule has 0 aliphatic carbocycles. The van der Waals surface area contributed by atoms with Crippen molar-refractivity contribution in [2.24, 2.45) is 0 Å². The maximum atomic E-state index is 12.4. The second-order valence-electron chi connectivity index (χ2n) is 6.14. The van der Waals surface area contributed by atoms with Gasteiger partial charge in [-0.05, 0) is 60.2 Å². The number of benzene rings is 3. The molecule has 3 aromatic rings. The highest BCUT2D eigenvalue weighted by Gasteiger charge is 2.23. The minimum absolute atomic E-state index is 0.379. The van der Waals surface area contributed by atoms with E-state index in [4.69, 9.17) is 21.1 Å². The van der Waals surface area contributed by atoms with Crippen molar-refractivity contribution < 1.29 is 14.3 Å². The zero-order valence-electron chi connectivity index (χ0n) is 14.7. The Bertz CT molecular complexity index is 1080. The Kier molecular flexibility index (Phi) is 4.69. The molecule has 1 aliphatic rings. The average Bonchev–Trinajstić information content (AvgIpc) is 3.05. The standard InChI is InChI=1S/C23H17ClO3/c1-2-26-21-12-9-15-5-3-4-6-19(15)20(21)13-17-14-22(27-23(17)25)16-7-10-18(24)11-8-16/h3-14H,2H2,1H3/b17-13+. The molecule has 0 unspecified atom stereocenters. The second-order valence-corrected chi connectivity index (χ2v) is 6.57. The fraction of sp³-hybridized carbons (Fsp3) is 0.0870. The highest BCUT2D eigenvalue weighted by atomic mass is 35.5. The Labute approximate surface area is 162 Å². The highest BCUT2D eigenvalue weighted by molar-refractivity contribution is 6.30. The van der Waals surface area contributed by atoms with Crippen molar-refractivity contribution in [3.05, 3.63) is 88.5 Å². The van der Waals surface area contributed by atoms with E-state index in [1.54, 1.807) is 18.2 Å². The van der Waals surface area contributed by atoms with Crippen LogP contribution in [0.15, 0.2) is 72.3 Å². The molecule has 0 saturated carbocycles. The quantitative estimate of drug-likeness (QED) is 0.421. The topological polar surface area (TPSA) is 35.5 Å². The van der Waals surface area contributed by atoms with E-state index in [-0.39, 0.29) is 5.97 Å². The van der Waals surface area contributed by atoms with Crippen molar-refractivity contribution in [1.82, 2.24) is 0 Å². The van der Waals surface area contributed by atoms with Gasteiger partial charge in [0.15, 0.2) is 0 Å². The fourth-order valence-corrected chi connectivity index (χ4v) is 3.23. The first kappa shape index (κ1) is 17.4. The molecule has 0 bridgehead atoms. The normalized spacial score (nSPS) is 15.1. The van der Waals surface area contributed by atoms with Crippen molar-refractivity contribution in [1.29, 1.82) is 0 Å². The maximum absolute atomic E-state index is 12.4. The van der Waals surface area contributed by atoms with Crippen LogP contribution in [0.3, 0.4) is 0 Å². The van der Waals surface area contributed by atoms with Gasteiger partial charge in [-0.25, -0.2) is 4.79 Å². The molecule has 1 heterocycles. The van der Waals surface area contributed by atoms with Crippen LogP contribution in [0.2, 0.25) is 5.02 Å². The zero-order chi connectivity index (χ0) is 18.8. The van der Waals surface area contributed by atoms with Gasteiger partial charge in [0.2, 0.25) is 0 Å². The van der Waals surface area contributed by atoms with E-state index < -0.39 is 0 Å². The van der Waals surface area contributed by atoms with Crippen LogP contribution in [0.25, 0.3) is 22.6 Å². The van der Waals surface area contributed by atoms with Crippen LogP contribution in [-0.2, 0) is 9.53 Å². The molecular weight excluding hydrogens is 360 g/mol. The molecule has 27 heavy (non-hydrogen) atoms. The molecule has 0 atom stereocenters. The van der Waals surface area contributed by atoms with Crippen molar-refractivity contribution in [3.8, 4) is 5.75 Å². The molecule has 4 rings (SSSR count). The lowest BCUT2D eigenvalue weighted by Gasteiger charge is -2.11. The van der Waals surface area contributed by atoms with Gasteiger partial charge in [0.05, 0.1) is 12.2 Å². The van der Waals surface area contributed by atoms with Gasteiger partial charge in [-0.2, -0.15) is 0 Å². The Balaban J connectivity index is 1.82. The van der Waals surface area contributed by atoms with Gasteiger partial charge in [-0.1, -0.05) is 41.9 Å². The molecule has 3 aromatic carbocycles. The van der Waals surface area contributed by atoms with E-state index in [0.29, 0.717) is 23.0 Å². The van der Waals surface area contributed by atoms with Gasteiger partial charge in [-0.3, -0.25) is 0 Å². The number of halogens is 1. The molecule has 0 radical (unpaired) electrons. The smallest absolute Gasteiger partial charge is 0.343 e. The van der Waals surface area contributed by atoms with Gasteiger partial charge in [0.1, 0.15) is 11.5 Å². The first-order valence-corrected chi connectivity index (χ1v) is 9.09. The Hall–Kier alpha value is -3.04. The van der Waals surface area contributed by atoms with Gasteiger partial charge in [-0.15, -0.1) is 0 Å². The Morgan fingerprint density at radius 3 is 2.59 bits per heavy atom. The predicted molar refractivity (Wildman–Crippen MR) is 109 cm³/mol. The molecule has 0 saturated heterocycles. The van der Waals surface area contributed by atoms with Crippen molar-refractivity contribution >= 4 is 40.2 Å². The lowest BCUT2D eigenvalue weighted by atomic mass is 10.0. The number of carbonyl (C=O) groups is 1. The third-order valence-electron chi connectivity index (χ3n) is 4.38. The van der Waals surface area contributed by atoms with Crippen molar-refractivity contribution in [2.45, 2.75) is 6.92 Å². The summed E-state index contributed by atoms with van der Waals surface area (Å²) >= 11 is 5.93. The number of hydrogen-bond donors (Lipinski definition) is 0. The SMILES string of the molecule is CCOc1ccc2ccccc2c1/C=C1\C=C(c2ccc(Cl)cc2)OC1=O. The third-order valence-corrected chi connectivity index (χ3v) is 4.64. The number of ether oxygens (including phenoxy) is 2. The zero-order valence-corrected chi connectivity index (χ0v) is 15.5. The third kappa shape index (κ3) is 3.46. The summed E-state index contributed by atoms with van der Waals surface area (Å²) in [5, 5.41) is 2.75. The van der Waals surface area contributed by atoms with Crippen molar-refractivity contribution in [3.63, 3.8) is 0 Å². The molecule has 1 aliphatic heterocycles. The molecule has 0 N–H and O–H groups in total. The highest BCUT2D eigenvalue weighted by Crippen LogP contribution is 2.33. The summed E-state index contributed by atoms with van der Waals surface area (Å²) in [6.45, 7) is 2.49. The molecule has 0 amide bonds. The van der Waals surface area contributed by atoms with E-state index in [1.165, 1.54) is 0 Å². The minimum atomic E-state index is -0.379. The number of rotatable bonds is 4. The molecule has 134 valence electrons. The predicted octanol–water partition coefficient (Wildman–Crippen LogP) is 5.87. The van der Waals surface area contributed by atoms with Crippen LogP contribution in [0.1, 0.15) is 18.1 Å². The number of fused-ring (bicyclic) bond motifs is 1. The van der Waals surface area contributed by atoms with E-state index in [2.05, 4.69) is 0 Å². The summed E-state index contributed by atoms with van der Waals surface area (Å²) in [6, 6.07) is 19.2. The first-order chi connectivity index (χ1) is 13.2. The first-order valence-electron chi connectivity index (χ1n) is 8.72. The monoisotopic (exact) mass is 376 g/mol. The Morgan fingerprint density at radius 1 is 1.04 bits per heavy atom. The second kappa shape index (κ2) is 7.29. The summed E-state index contributed by atoms with van der Waals surface area (Å²) in [7, 11) is 0. The van der Waals surface area contributed by atoms with E-state index in [0.717, 1.165) is 27.6 Å². The average molecular weight is 377 g/mol. The van der Waals surface area contributed by atoms with Crippen LogP contribution >= 0.6 is 11.6 Å². The number of carbonyl (C=O) groups excluding carboxylic acids is 1. The minimum Gasteiger partial charge on any atom is -0.493 e. The summed E-state index contributed by atoms with van der Waals surface area (Å²) in [5.41, 5.74) is 2.16. The molecule has 0 fully saturated rings. The lowest BCUT2D eigenvalue weighted by Crippen LogP contribution is -1.99. The van der Waals surface area contributed by atoms with Gasteiger partial charge in [0, 0.05) is 16.1 Å². The van der Waals surface area contributed by atoms with Crippen LogP contribution in [-0.4, -0.2) is 12.6 Å².